The van der Waals surface area contributed by atoms with Crippen molar-refractivity contribution in [2.45, 2.75) is 36.6 Å². The summed E-state index contributed by atoms with van der Waals surface area (Å²) in [4.78, 5) is 12.5. The number of hydrogen-bond acceptors (Lipinski definition) is 6. The molecule has 1 amide bonds. The maximum Gasteiger partial charge on any atom is 0.276 e. The molecule has 0 fully saturated rings. The quantitative estimate of drug-likeness (QED) is 0.572. The number of nitrogens with zero attached hydrogens (tertiary/aromatic N) is 2. The molecule has 3 rings (SSSR count). The number of benzene rings is 1. The minimum absolute atomic E-state index is 0.111. The van der Waals surface area contributed by atoms with E-state index in [0.29, 0.717) is 0 Å². The molecule has 1 aromatic carbocycles. The Labute approximate surface area is 189 Å². The van der Waals surface area contributed by atoms with E-state index in [2.05, 4.69) is 21.9 Å². The molecule has 2 heterocycles. The lowest BCUT2D eigenvalue weighted by Crippen LogP contribution is -2.45. The number of hydrogen-bond donors (Lipinski definition) is 3. The second-order valence-corrected chi connectivity index (χ2v) is 9.45. The van der Waals surface area contributed by atoms with Crippen LogP contribution in [0.2, 0.25) is 0 Å². The van der Waals surface area contributed by atoms with Gasteiger partial charge in [0.1, 0.15) is 29.5 Å². The minimum atomic E-state index is -4.24. The maximum atomic E-state index is 13.6. The van der Waals surface area contributed by atoms with Crippen LogP contribution >= 0.6 is 0 Å². The lowest BCUT2D eigenvalue weighted by molar-refractivity contribution is 0.101. The van der Waals surface area contributed by atoms with Crippen LogP contribution in [0.5, 0.6) is 5.75 Å². The summed E-state index contributed by atoms with van der Waals surface area (Å²) in [5.74, 6) is 2.64. The molecule has 0 aliphatic carbocycles. The van der Waals surface area contributed by atoms with Crippen LogP contribution in [0.4, 0.5) is 14.5 Å². The third-order valence-electron chi connectivity index (χ3n) is 4.56. The molecule has 2 aromatic rings. The van der Waals surface area contributed by atoms with Gasteiger partial charge in [-0.15, -0.1) is 0 Å². The Morgan fingerprint density at radius 2 is 2.15 bits per heavy atom. The molecule has 2 atom stereocenters. The van der Waals surface area contributed by atoms with E-state index in [1.165, 1.54) is 31.5 Å². The molecule has 0 saturated heterocycles. The number of sulfonamides is 1. The van der Waals surface area contributed by atoms with Gasteiger partial charge in [0.2, 0.25) is 10.0 Å². The number of aryl methyl sites for hydroxylation is 1. The molecule has 1 aromatic heterocycles. The number of carbonyl (C=O) groups is 1. The molecule has 1 aliphatic heterocycles. The molecule has 33 heavy (non-hydrogen) atoms. The van der Waals surface area contributed by atoms with Gasteiger partial charge in [-0.2, -0.15) is 5.26 Å². The summed E-state index contributed by atoms with van der Waals surface area (Å²) in [5.41, 5.74) is -2.23. The van der Waals surface area contributed by atoms with Crippen LogP contribution < -0.4 is 14.8 Å². The molecular weight excluding hydrogens is 458 g/mol. The van der Waals surface area contributed by atoms with Gasteiger partial charge in [0.05, 0.1) is 11.6 Å². The van der Waals surface area contributed by atoms with E-state index in [-0.39, 0.29) is 27.6 Å². The number of aliphatic hydroxyl groups is 1. The Bertz CT molecular complexity index is 1310. The van der Waals surface area contributed by atoms with Gasteiger partial charge in [0.25, 0.3) is 5.91 Å². The number of halogens is 2. The fourth-order valence-corrected chi connectivity index (χ4v) is 4.44. The van der Waals surface area contributed by atoms with Gasteiger partial charge in [-0.05, 0) is 32.0 Å². The van der Waals surface area contributed by atoms with Crippen LogP contribution in [0.3, 0.4) is 0 Å². The van der Waals surface area contributed by atoms with E-state index < -0.39 is 46.2 Å². The lowest BCUT2D eigenvalue weighted by Gasteiger charge is -2.18. The van der Waals surface area contributed by atoms with E-state index in [4.69, 9.17) is 10.00 Å². The largest absolute Gasteiger partial charge is 0.488 e. The fourth-order valence-electron chi connectivity index (χ4n) is 3.02. The zero-order valence-corrected chi connectivity index (χ0v) is 18.6. The maximum absolute atomic E-state index is 13.6. The molecule has 1 aliphatic rings. The van der Waals surface area contributed by atoms with Crippen molar-refractivity contribution in [1.82, 2.24) is 9.29 Å². The Balaban J connectivity index is 1.92. The normalized spacial score (nSPS) is 17.9. The monoisotopic (exact) mass is 478 g/mol. The zero-order chi connectivity index (χ0) is 24.6. The number of amides is 1. The third-order valence-corrected chi connectivity index (χ3v) is 6.05. The first-order valence-electron chi connectivity index (χ1n) is 9.57. The summed E-state index contributed by atoms with van der Waals surface area (Å²) in [6.45, 7) is 1.97. The number of fused-ring (bicyclic) bond motifs is 1. The summed E-state index contributed by atoms with van der Waals surface area (Å²) in [6.07, 6.45) is -0.420. The predicted molar refractivity (Wildman–Crippen MR) is 113 cm³/mol. The van der Waals surface area contributed by atoms with Gasteiger partial charge >= 0.3 is 0 Å². The molecule has 9 nitrogen and oxygen atoms in total. The minimum Gasteiger partial charge on any atom is -0.488 e. The zero-order valence-electron chi connectivity index (χ0n) is 17.8. The van der Waals surface area contributed by atoms with Crippen molar-refractivity contribution in [3.8, 4) is 23.7 Å². The number of rotatable bonds is 3. The van der Waals surface area contributed by atoms with Crippen molar-refractivity contribution >= 4 is 21.6 Å². The summed E-state index contributed by atoms with van der Waals surface area (Å²) in [7, 11) is -2.82. The van der Waals surface area contributed by atoms with Gasteiger partial charge in [-0.3, -0.25) is 4.79 Å². The third kappa shape index (κ3) is 5.31. The Kier molecular flexibility index (Phi) is 6.47. The second-order valence-electron chi connectivity index (χ2n) is 7.77. The number of alkyl halides is 1. The van der Waals surface area contributed by atoms with Gasteiger partial charge in [0, 0.05) is 18.9 Å². The second kappa shape index (κ2) is 8.83. The first-order chi connectivity index (χ1) is 15.3. The standard InChI is InChI=1S/C21H20F2N4O5S/c1-21(2,23)7-6-16(28)15-11-32-19-17(33(30,31)26-15)10-27(3)18(19)20(29)25-13-4-5-14(22)12(8-13)9-24/h4-5,8,10,15-16,26,28H,11H2,1-3H3,(H,25,29)/t15-,16+/m1/s1. The summed E-state index contributed by atoms with van der Waals surface area (Å²) < 4.78 is 61.9. The van der Waals surface area contributed by atoms with Gasteiger partial charge < -0.3 is 19.7 Å². The molecule has 0 saturated carbocycles. The predicted octanol–water partition coefficient (Wildman–Crippen LogP) is 1.44. The van der Waals surface area contributed by atoms with Crippen molar-refractivity contribution in [1.29, 1.82) is 5.26 Å². The Morgan fingerprint density at radius 3 is 2.79 bits per heavy atom. The lowest BCUT2D eigenvalue weighted by atomic mass is 10.1. The summed E-state index contributed by atoms with van der Waals surface area (Å²) >= 11 is 0. The summed E-state index contributed by atoms with van der Waals surface area (Å²) in [5, 5.41) is 21.6. The van der Waals surface area contributed by atoms with Crippen LogP contribution in [0.1, 0.15) is 29.9 Å². The Morgan fingerprint density at radius 1 is 1.45 bits per heavy atom. The van der Waals surface area contributed by atoms with Gasteiger partial charge in [0.15, 0.2) is 17.1 Å². The van der Waals surface area contributed by atoms with Crippen molar-refractivity contribution in [2.24, 2.45) is 7.05 Å². The molecule has 12 heteroatoms. The number of aliphatic hydroxyl groups excluding tert-OH is 1. The molecule has 0 spiro atoms. The molecular formula is C21H20F2N4O5S. The van der Waals surface area contributed by atoms with Gasteiger partial charge in [-0.25, -0.2) is 21.9 Å². The highest BCUT2D eigenvalue weighted by Crippen LogP contribution is 2.33. The number of anilines is 1. The van der Waals surface area contributed by atoms with Crippen molar-refractivity contribution in [3.63, 3.8) is 0 Å². The van der Waals surface area contributed by atoms with Crippen LogP contribution in [0, 0.1) is 29.0 Å². The highest BCUT2D eigenvalue weighted by Gasteiger charge is 2.36. The number of ether oxygens (including phenoxy) is 1. The number of aromatic nitrogens is 1. The van der Waals surface area contributed by atoms with Crippen molar-refractivity contribution in [3.05, 3.63) is 41.5 Å². The van der Waals surface area contributed by atoms with Gasteiger partial charge in [-0.1, -0.05) is 11.8 Å². The van der Waals surface area contributed by atoms with E-state index in [0.717, 1.165) is 18.3 Å². The van der Waals surface area contributed by atoms with Crippen LogP contribution in [0.25, 0.3) is 0 Å². The topological polar surface area (TPSA) is 133 Å². The molecule has 3 N–H and O–H groups in total. The van der Waals surface area contributed by atoms with E-state index in [1.807, 2.05) is 0 Å². The van der Waals surface area contributed by atoms with Crippen molar-refractivity contribution < 1.29 is 31.8 Å². The molecule has 0 unspecified atom stereocenters. The van der Waals surface area contributed by atoms with Crippen LogP contribution in [-0.2, 0) is 17.1 Å². The molecule has 0 bridgehead atoms. The van der Waals surface area contributed by atoms with E-state index in [9.17, 15) is 27.1 Å². The highest BCUT2D eigenvalue weighted by atomic mass is 32.2. The number of nitriles is 1. The fraction of sp³-hybridized carbons (Fsp3) is 0.333. The van der Waals surface area contributed by atoms with Crippen LogP contribution in [0.15, 0.2) is 29.3 Å². The summed E-state index contributed by atoms with van der Waals surface area (Å²) in [6, 6.07) is 3.81. The van der Waals surface area contributed by atoms with E-state index in [1.54, 1.807) is 6.07 Å². The SMILES string of the molecule is Cn1cc2c(c1C(=O)Nc1ccc(F)c(C#N)c1)OC[C@H]([C@@H](O)C#CC(C)(C)F)NS2(=O)=O. The van der Waals surface area contributed by atoms with E-state index >= 15 is 0 Å². The number of carbonyl (C=O) groups excluding carboxylic acids is 1. The van der Waals surface area contributed by atoms with Crippen LogP contribution in [-0.4, -0.2) is 48.4 Å². The van der Waals surface area contributed by atoms with Crippen molar-refractivity contribution in [2.75, 3.05) is 11.9 Å². The average molecular weight is 478 g/mol. The average Bonchev–Trinajstić information content (AvgIpc) is 3.00. The number of nitrogens with one attached hydrogen (secondary N) is 2. The Hall–Kier alpha value is -3.45. The molecule has 0 radical (unpaired) electrons. The smallest absolute Gasteiger partial charge is 0.276 e. The first-order valence-corrected chi connectivity index (χ1v) is 11.1. The molecule has 174 valence electrons. The highest BCUT2D eigenvalue weighted by molar-refractivity contribution is 7.89. The first kappa shape index (κ1) is 24.2.